The van der Waals surface area contributed by atoms with Crippen molar-refractivity contribution in [3.63, 3.8) is 0 Å². The Morgan fingerprint density at radius 2 is 1.76 bits per heavy atom. The molecule has 0 saturated carbocycles. The predicted molar refractivity (Wildman–Crippen MR) is 107 cm³/mol. The molecule has 1 N–H and O–H groups in total. The lowest BCUT2D eigenvalue weighted by molar-refractivity contribution is 0.0527. The lowest BCUT2D eigenvalue weighted by Gasteiger charge is -2.12. The topological polar surface area (TPSA) is 91.7 Å². The van der Waals surface area contributed by atoms with E-state index in [1.165, 1.54) is 25.1 Å². The third-order valence-corrected chi connectivity index (χ3v) is 4.14. The van der Waals surface area contributed by atoms with E-state index >= 15 is 0 Å². The van der Waals surface area contributed by atoms with Crippen LogP contribution in [0.2, 0.25) is 0 Å². The van der Waals surface area contributed by atoms with Crippen molar-refractivity contribution in [2.24, 2.45) is 0 Å². The van der Waals surface area contributed by atoms with Gasteiger partial charge in [0.15, 0.2) is 17.3 Å². The van der Waals surface area contributed by atoms with Gasteiger partial charge in [-0.25, -0.2) is 9.48 Å². The molecule has 0 bridgehead atoms. The minimum absolute atomic E-state index is 0.157. The average Bonchev–Trinajstić information content (AvgIpc) is 3.17. The van der Waals surface area contributed by atoms with Crippen LogP contribution in [0.1, 0.15) is 27.6 Å². The maximum Gasteiger partial charge on any atom is 0.343 e. The number of methoxy groups -OCH3 is 2. The number of aromatic nitrogens is 2. The van der Waals surface area contributed by atoms with Gasteiger partial charge in [-0.1, -0.05) is 18.2 Å². The van der Waals surface area contributed by atoms with E-state index in [1.54, 1.807) is 25.1 Å². The fourth-order valence-corrected chi connectivity index (χ4v) is 2.75. The highest BCUT2D eigenvalue weighted by Crippen LogP contribution is 2.28. The number of nitrogens with zero attached hydrogens (tertiary/aromatic N) is 2. The molecule has 150 valence electrons. The molecule has 3 aromatic rings. The lowest BCUT2D eigenvalue weighted by atomic mass is 10.2. The number of ether oxygens (including phenoxy) is 3. The summed E-state index contributed by atoms with van der Waals surface area (Å²) in [6.45, 7) is 1.92. The Morgan fingerprint density at radius 3 is 2.41 bits per heavy atom. The third kappa shape index (κ3) is 4.21. The maximum atomic E-state index is 12.9. The van der Waals surface area contributed by atoms with Gasteiger partial charge in [0.05, 0.1) is 32.7 Å². The number of benzene rings is 2. The molecule has 2 aromatic carbocycles. The Hall–Kier alpha value is -3.81. The van der Waals surface area contributed by atoms with E-state index in [4.69, 9.17) is 14.2 Å². The van der Waals surface area contributed by atoms with Crippen LogP contribution in [0.25, 0.3) is 5.69 Å². The normalized spacial score (nSPS) is 10.3. The molecule has 0 saturated heterocycles. The van der Waals surface area contributed by atoms with Gasteiger partial charge in [0.25, 0.3) is 5.91 Å². The van der Waals surface area contributed by atoms with Crippen LogP contribution >= 0.6 is 0 Å². The second kappa shape index (κ2) is 8.92. The second-order valence-corrected chi connectivity index (χ2v) is 5.90. The van der Waals surface area contributed by atoms with Crippen molar-refractivity contribution in [1.29, 1.82) is 0 Å². The van der Waals surface area contributed by atoms with Gasteiger partial charge in [0, 0.05) is 5.56 Å². The van der Waals surface area contributed by atoms with Crippen molar-refractivity contribution in [2.75, 3.05) is 26.1 Å². The lowest BCUT2D eigenvalue weighted by Crippen LogP contribution is -2.18. The van der Waals surface area contributed by atoms with Gasteiger partial charge in [-0.2, -0.15) is 5.10 Å². The van der Waals surface area contributed by atoms with Crippen LogP contribution in [0.3, 0.4) is 0 Å². The SMILES string of the molecule is CCOC(=O)c1cnn(-c2ccccc2)c1NC(=O)c1ccc(OC)c(OC)c1. The zero-order chi connectivity index (χ0) is 20.8. The largest absolute Gasteiger partial charge is 0.493 e. The van der Waals surface area contributed by atoms with Crippen molar-refractivity contribution in [3.05, 3.63) is 65.9 Å². The van der Waals surface area contributed by atoms with Gasteiger partial charge in [-0.15, -0.1) is 0 Å². The van der Waals surface area contributed by atoms with Crippen LogP contribution in [0, 0.1) is 0 Å². The Labute approximate surface area is 168 Å². The Balaban J connectivity index is 1.99. The van der Waals surface area contributed by atoms with Crippen molar-refractivity contribution < 1.29 is 23.8 Å². The minimum atomic E-state index is -0.572. The summed E-state index contributed by atoms with van der Waals surface area (Å²) in [5.74, 6) is 0.133. The monoisotopic (exact) mass is 395 g/mol. The molecule has 29 heavy (non-hydrogen) atoms. The van der Waals surface area contributed by atoms with Crippen LogP contribution in [0.5, 0.6) is 11.5 Å². The smallest absolute Gasteiger partial charge is 0.343 e. The number of hydrogen-bond acceptors (Lipinski definition) is 6. The van der Waals surface area contributed by atoms with Gasteiger partial charge in [0.1, 0.15) is 5.56 Å². The molecule has 0 spiro atoms. The van der Waals surface area contributed by atoms with Crippen LogP contribution in [0.4, 0.5) is 5.82 Å². The minimum Gasteiger partial charge on any atom is -0.493 e. The molecular weight excluding hydrogens is 374 g/mol. The summed E-state index contributed by atoms with van der Waals surface area (Å²) in [4.78, 5) is 25.2. The van der Waals surface area contributed by atoms with Crippen LogP contribution in [-0.4, -0.2) is 42.5 Å². The van der Waals surface area contributed by atoms with E-state index in [2.05, 4.69) is 10.4 Å². The van der Waals surface area contributed by atoms with Gasteiger partial charge in [-0.3, -0.25) is 4.79 Å². The number of esters is 1. The first-order chi connectivity index (χ1) is 14.1. The van der Waals surface area contributed by atoms with Crippen LogP contribution in [0.15, 0.2) is 54.7 Å². The van der Waals surface area contributed by atoms with Crippen molar-refractivity contribution >= 4 is 17.7 Å². The highest BCUT2D eigenvalue weighted by atomic mass is 16.5. The summed E-state index contributed by atoms with van der Waals surface area (Å²) >= 11 is 0. The summed E-state index contributed by atoms with van der Waals surface area (Å²) in [6.07, 6.45) is 1.37. The molecule has 0 fully saturated rings. The summed E-state index contributed by atoms with van der Waals surface area (Å²) in [5.41, 5.74) is 1.17. The highest BCUT2D eigenvalue weighted by Gasteiger charge is 2.22. The predicted octanol–water partition coefficient (Wildman–Crippen LogP) is 3.32. The van der Waals surface area contributed by atoms with Gasteiger partial charge in [0.2, 0.25) is 0 Å². The fourth-order valence-electron chi connectivity index (χ4n) is 2.75. The Morgan fingerprint density at radius 1 is 1.03 bits per heavy atom. The molecule has 0 atom stereocenters. The number of para-hydroxylation sites is 1. The first-order valence-electron chi connectivity index (χ1n) is 8.93. The number of nitrogens with one attached hydrogen (secondary N) is 1. The Kier molecular flexibility index (Phi) is 6.13. The molecule has 1 amide bonds. The summed E-state index contributed by atoms with van der Waals surface area (Å²) < 4.78 is 17.0. The standard InChI is InChI=1S/C21H21N3O5/c1-4-29-21(26)16-13-22-24(15-8-6-5-7-9-15)19(16)23-20(25)14-10-11-17(27-2)18(12-14)28-3/h5-13H,4H2,1-3H3,(H,23,25). The molecule has 3 rings (SSSR count). The first kappa shape index (κ1) is 19.9. The van der Waals surface area contributed by atoms with E-state index in [0.717, 1.165) is 0 Å². The van der Waals surface area contributed by atoms with E-state index < -0.39 is 11.9 Å². The van der Waals surface area contributed by atoms with Crippen LogP contribution in [-0.2, 0) is 4.74 Å². The number of amides is 1. The van der Waals surface area contributed by atoms with E-state index in [-0.39, 0.29) is 18.0 Å². The van der Waals surface area contributed by atoms with Gasteiger partial charge < -0.3 is 19.5 Å². The number of rotatable bonds is 7. The third-order valence-electron chi connectivity index (χ3n) is 4.14. The van der Waals surface area contributed by atoms with Crippen LogP contribution < -0.4 is 14.8 Å². The molecule has 8 heteroatoms. The van der Waals surface area contributed by atoms with Gasteiger partial charge in [-0.05, 0) is 37.3 Å². The fraction of sp³-hybridized carbons (Fsp3) is 0.190. The molecule has 0 radical (unpaired) electrons. The van der Waals surface area contributed by atoms with Crippen molar-refractivity contribution in [3.8, 4) is 17.2 Å². The van der Waals surface area contributed by atoms with E-state index in [0.29, 0.717) is 22.7 Å². The maximum absolute atomic E-state index is 12.9. The molecule has 0 unspecified atom stereocenters. The zero-order valence-electron chi connectivity index (χ0n) is 16.3. The molecule has 1 heterocycles. The number of carbonyl (C=O) groups is 2. The summed E-state index contributed by atoms with van der Waals surface area (Å²) in [7, 11) is 3.00. The average molecular weight is 395 g/mol. The molecule has 1 aromatic heterocycles. The Bertz CT molecular complexity index is 1010. The number of carbonyl (C=O) groups excluding carboxylic acids is 2. The second-order valence-electron chi connectivity index (χ2n) is 5.90. The number of anilines is 1. The van der Waals surface area contributed by atoms with E-state index in [1.807, 2.05) is 30.3 Å². The molecule has 8 nitrogen and oxygen atoms in total. The zero-order valence-corrected chi connectivity index (χ0v) is 16.3. The molecular formula is C21H21N3O5. The molecule has 0 aliphatic carbocycles. The summed E-state index contributed by atoms with van der Waals surface area (Å²) in [6, 6.07) is 13.9. The quantitative estimate of drug-likeness (QED) is 0.617. The highest BCUT2D eigenvalue weighted by molar-refractivity contribution is 6.07. The summed E-state index contributed by atoms with van der Waals surface area (Å²) in [5, 5.41) is 7.02. The van der Waals surface area contributed by atoms with Crippen molar-refractivity contribution in [2.45, 2.75) is 6.92 Å². The number of hydrogen-bond donors (Lipinski definition) is 1. The first-order valence-corrected chi connectivity index (χ1v) is 8.93. The van der Waals surface area contributed by atoms with E-state index in [9.17, 15) is 9.59 Å². The van der Waals surface area contributed by atoms with Gasteiger partial charge >= 0.3 is 5.97 Å². The van der Waals surface area contributed by atoms with Crippen molar-refractivity contribution in [1.82, 2.24) is 9.78 Å². The molecule has 0 aliphatic heterocycles. The molecule has 0 aliphatic rings.